The summed E-state index contributed by atoms with van der Waals surface area (Å²) in [5.74, 6) is 0.900. The minimum Gasteiger partial charge on any atom is -0.489 e. The van der Waals surface area contributed by atoms with Gasteiger partial charge in [0.05, 0.1) is 6.54 Å². The fourth-order valence-electron chi connectivity index (χ4n) is 2.12. The number of nitrogens with two attached hydrogens (primary N) is 1. The summed E-state index contributed by atoms with van der Waals surface area (Å²) in [6.45, 7) is 5.28. The van der Waals surface area contributed by atoms with Crippen molar-refractivity contribution in [1.82, 2.24) is 10.6 Å². The second kappa shape index (κ2) is 9.45. The molecular weight excluding hydrogens is 339 g/mol. The van der Waals surface area contributed by atoms with Gasteiger partial charge in [0, 0.05) is 6.54 Å². The van der Waals surface area contributed by atoms with Crippen molar-refractivity contribution in [2.45, 2.75) is 26.5 Å². The van der Waals surface area contributed by atoms with Gasteiger partial charge in [0.25, 0.3) is 5.91 Å². The molecule has 0 aliphatic heterocycles. The molecule has 26 heavy (non-hydrogen) atoms. The number of amides is 1. The lowest BCUT2D eigenvalue weighted by molar-refractivity contribution is 0.0972. The number of benzene rings is 1. The molecule has 1 aromatic heterocycles. The second-order valence-corrected chi connectivity index (χ2v) is 5.59. The van der Waals surface area contributed by atoms with Crippen LogP contribution in [0.25, 0.3) is 0 Å². The highest BCUT2D eigenvalue weighted by Gasteiger charge is 2.08. The average molecular weight is 362 g/mol. The van der Waals surface area contributed by atoms with Gasteiger partial charge in [0.1, 0.15) is 30.0 Å². The first kappa shape index (κ1) is 19.3. The number of ether oxygens (including phenoxy) is 1. The molecule has 0 aliphatic rings. The number of nitrogens with zero attached hydrogens (tertiary/aromatic N) is 1. The van der Waals surface area contributed by atoms with Crippen LogP contribution >= 0.6 is 0 Å². The monoisotopic (exact) mass is 362 g/mol. The van der Waals surface area contributed by atoms with Crippen LogP contribution in [0.2, 0.25) is 0 Å². The predicted molar refractivity (Wildman–Crippen MR) is 96.5 cm³/mol. The summed E-state index contributed by atoms with van der Waals surface area (Å²) >= 11 is 0. The molecule has 4 N–H and O–H groups in total. The van der Waals surface area contributed by atoms with Gasteiger partial charge in [0.15, 0.2) is 11.7 Å². The first-order valence-corrected chi connectivity index (χ1v) is 8.31. The number of guanidine groups is 1. The number of halogens is 1. The molecule has 0 saturated heterocycles. The van der Waals surface area contributed by atoms with E-state index in [4.69, 9.17) is 14.9 Å². The van der Waals surface area contributed by atoms with E-state index in [0.717, 1.165) is 0 Å². The molecule has 0 spiro atoms. The summed E-state index contributed by atoms with van der Waals surface area (Å²) in [6, 6.07) is 9.05. The number of carbonyl (C=O) groups excluding carboxylic acids is 1. The molecule has 7 nitrogen and oxygen atoms in total. The van der Waals surface area contributed by atoms with E-state index in [-0.39, 0.29) is 24.2 Å². The second-order valence-electron chi connectivity index (χ2n) is 5.59. The standard InChI is InChI=1S/C18H23FN4O3/c1-3-21-18(23-11-15-8-9-16(26-15)17(20)24)22-10-12(2)25-14-6-4-13(19)5-7-14/h4-9,12H,3,10-11H2,1-2H3,(H2,20,24)(H2,21,22,23). The summed E-state index contributed by atoms with van der Waals surface area (Å²) in [7, 11) is 0. The lowest BCUT2D eigenvalue weighted by Crippen LogP contribution is -2.41. The molecule has 140 valence electrons. The van der Waals surface area contributed by atoms with E-state index in [1.165, 1.54) is 18.2 Å². The van der Waals surface area contributed by atoms with Gasteiger partial charge in [-0.1, -0.05) is 0 Å². The molecule has 2 aromatic rings. The number of furan rings is 1. The molecule has 0 aliphatic carbocycles. The summed E-state index contributed by atoms with van der Waals surface area (Å²) in [6.07, 6.45) is -0.158. The topological polar surface area (TPSA) is 102 Å². The Labute approximate surface area is 151 Å². The SMILES string of the molecule is CCNC(=NCc1ccc(C(N)=O)o1)NCC(C)Oc1ccc(F)cc1. The maximum atomic E-state index is 12.9. The molecule has 0 saturated carbocycles. The summed E-state index contributed by atoms with van der Waals surface area (Å²) in [4.78, 5) is 15.4. The van der Waals surface area contributed by atoms with Gasteiger partial charge in [-0.2, -0.15) is 0 Å². The lowest BCUT2D eigenvalue weighted by atomic mass is 10.3. The van der Waals surface area contributed by atoms with Gasteiger partial charge >= 0.3 is 0 Å². The lowest BCUT2D eigenvalue weighted by Gasteiger charge is -2.17. The van der Waals surface area contributed by atoms with Crippen LogP contribution in [0.5, 0.6) is 5.75 Å². The Bertz CT molecular complexity index is 743. The van der Waals surface area contributed by atoms with Gasteiger partial charge in [-0.3, -0.25) is 4.79 Å². The third-order valence-corrected chi connectivity index (χ3v) is 3.35. The van der Waals surface area contributed by atoms with Crippen LogP contribution in [0, 0.1) is 5.82 Å². The zero-order valence-corrected chi connectivity index (χ0v) is 14.8. The maximum absolute atomic E-state index is 12.9. The van der Waals surface area contributed by atoms with Crippen molar-refractivity contribution in [2.75, 3.05) is 13.1 Å². The van der Waals surface area contributed by atoms with Gasteiger partial charge in [-0.25, -0.2) is 9.38 Å². The van der Waals surface area contributed by atoms with Crippen molar-refractivity contribution in [3.8, 4) is 5.75 Å². The van der Waals surface area contributed by atoms with Crippen molar-refractivity contribution in [1.29, 1.82) is 0 Å². The Balaban J connectivity index is 1.87. The Hall–Kier alpha value is -3.03. The number of aliphatic imine (C=N–C) groups is 1. The van der Waals surface area contributed by atoms with Gasteiger partial charge in [-0.05, 0) is 50.2 Å². The van der Waals surface area contributed by atoms with Crippen molar-refractivity contribution in [2.24, 2.45) is 10.7 Å². The molecule has 8 heteroatoms. The number of hydrogen-bond donors (Lipinski definition) is 3. The van der Waals surface area contributed by atoms with Crippen LogP contribution in [0.3, 0.4) is 0 Å². The summed E-state index contributed by atoms with van der Waals surface area (Å²) in [5, 5.41) is 6.27. The van der Waals surface area contributed by atoms with Crippen molar-refractivity contribution in [3.63, 3.8) is 0 Å². The zero-order valence-electron chi connectivity index (χ0n) is 14.8. The number of nitrogens with one attached hydrogen (secondary N) is 2. The van der Waals surface area contributed by atoms with Crippen molar-refractivity contribution >= 4 is 11.9 Å². The number of primary amides is 1. The molecule has 1 atom stereocenters. The van der Waals surface area contributed by atoms with E-state index < -0.39 is 5.91 Å². The van der Waals surface area contributed by atoms with E-state index in [0.29, 0.717) is 30.6 Å². The Kier molecular flexibility index (Phi) is 7.02. The minimum atomic E-state index is -0.614. The first-order valence-electron chi connectivity index (χ1n) is 8.31. The number of rotatable bonds is 8. The maximum Gasteiger partial charge on any atom is 0.284 e. The Morgan fingerprint density at radius 3 is 2.62 bits per heavy atom. The average Bonchev–Trinajstić information content (AvgIpc) is 3.09. The van der Waals surface area contributed by atoms with Crippen LogP contribution in [-0.2, 0) is 6.54 Å². The molecule has 0 fully saturated rings. The van der Waals surface area contributed by atoms with Crippen LogP contribution in [0.15, 0.2) is 45.8 Å². The summed E-state index contributed by atoms with van der Waals surface area (Å²) in [5.41, 5.74) is 5.16. The minimum absolute atomic E-state index is 0.106. The molecular formula is C18H23FN4O3. The Morgan fingerprint density at radius 1 is 1.27 bits per heavy atom. The fraction of sp³-hybridized carbons (Fsp3) is 0.333. The van der Waals surface area contributed by atoms with Gasteiger partial charge in [0.2, 0.25) is 0 Å². The largest absolute Gasteiger partial charge is 0.489 e. The van der Waals surface area contributed by atoms with E-state index in [1.807, 2.05) is 13.8 Å². The third kappa shape index (κ3) is 6.12. The summed E-state index contributed by atoms with van der Waals surface area (Å²) < 4.78 is 23.9. The number of carbonyl (C=O) groups is 1. The molecule has 1 heterocycles. The molecule has 1 unspecified atom stereocenters. The van der Waals surface area contributed by atoms with E-state index >= 15 is 0 Å². The van der Waals surface area contributed by atoms with Crippen LogP contribution in [0.4, 0.5) is 4.39 Å². The molecule has 2 rings (SSSR count). The highest BCUT2D eigenvalue weighted by Crippen LogP contribution is 2.12. The molecule has 0 radical (unpaired) electrons. The van der Waals surface area contributed by atoms with Crippen LogP contribution in [-0.4, -0.2) is 31.1 Å². The predicted octanol–water partition coefficient (Wildman–Crippen LogP) is 2.04. The first-order chi connectivity index (χ1) is 12.5. The Morgan fingerprint density at radius 2 is 2.00 bits per heavy atom. The van der Waals surface area contributed by atoms with Crippen LogP contribution < -0.4 is 21.1 Å². The van der Waals surface area contributed by atoms with Crippen molar-refractivity contribution in [3.05, 3.63) is 53.7 Å². The van der Waals surface area contributed by atoms with Crippen molar-refractivity contribution < 1.29 is 18.3 Å². The van der Waals surface area contributed by atoms with E-state index in [1.54, 1.807) is 18.2 Å². The fourth-order valence-corrected chi connectivity index (χ4v) is 2.12. The highest BCUT2D eigenvalue weighted by molar-refractivity contribution is 5.89. The van der Waals surface area contributed by atoms with Gasteiger partial charge < -0.3 is 25.5 Å². The van der Waals surface area contributed by atoms with E-state index in [9.17, 15) is 9.18 Å². The molecule has 1 amide bonds. The smallest absolute Gasteiger partial charge is 0.284 e. The molecule has 0 bridgehead atoms. The zero-order chi connectivity index (χ0) is 18.9. The third-order valence-electron chi connectivity index (χ3n) is 3.35. The van der Waals surface area contributed by atoms with Gasteiger partial charge in [-0.15, -0.1) is 0 Å². The quantitative estimate of drug-likeness (QED) is 0.493. The normalized spacial score (nSPS) is 12.5. The molecule has 1 aromatic carbocycles. The van der Waals surface area contributed by atoms with E-state index in [2.05, 4.69) is 15.6 Å². The highest BCUT2D eigenvalue weighted by atomic mass is 19.1. The number of hydrogen-bond acceptors (Lipinski definition) is 4. The van der Waals surface area contributed by atoms with Crippen LogP contribution in [0.1, 0.15) is 30.2 Å².